The molecule has 2 aromatic carbocycles. The summed E-state index contributed by atoms with van der Waals surface area (Å²) in [6, 6.07) is 14.8. The minimum Gasteiger partial charge on any atom is -0.351 e. The van der Waals surface area contributed by atoms with Gasteiger partial charge in [-0.15, -0.1) is 0 Å². The number of fused-ring (bicyclic) bond motifs is 1. The fourth-order valence-electron chi connectivity index (χ4n) is 4.49. The molecule has 0 spiro atoms. The molecule has 4 rings (SSSR count). The summed E-state index contributed by atoms with van der Waals surface area (Å²) in [5.41, 5.74) is 2.56. The van der Waals surface area contributed by atoms with Crippen molar-refractivity contribution in [1.29, 1.82) is 0 Å². The number of rotatable bonds is 5. The summed E-state index contributed by atoms with van der Waals surface area (Å²) in [7, 11) is 0. The molecular weight excluding hydrogens is 384 g/mol. The highest BCUT2D eigenvalue weighted by molar-refractivity contribution is 6.30. The van der Waals surface area contributed by atoms with Crippen molar-refractivity contribution in [2.24, 2.45) is 0 Å². The maximum absolute atomic E-state index is 13.3. The van der Waals surface area contributed by atoms with Crippen LogP contribution in [0.3, 0.4) is 0 Å². The van der Waals surface area contributed by atoms with E-state index in [-0.39, 0.29) is 17.9 Å². The Morgan fingerprint density at radius 1 is 1.00 bits per heavy atom. The molecule has 29 heavy (non-hydrogen) atoms. The van der Waals surface area contributed by atoms with Crippen LogP contribution in [-0.4, -0.2) is 29.3 Å². The molecule has 0 radical (unpaired) electrons. The third kappa shape index (κ3) is 4.48. The zero-order chi connectivity index (χ0) is 20.2. The lowest BCUT2D eigenvalue weighted by Crippen LogP contribution is -2.43. The molecule has 0 unspecified atom stereocenters. The zero-order valence-corrected chi connectivity index (χ0v) is 17.3. The molecule has 0 bridgehead atoms. The van der Waals surface area contributed by atoms with Gasteiger partial charge in [0.15, 0.2) is 0 Å². The highest BCUT2D eigenvalue weighted by Gasteiger charge is 2.41. The minimum atomic E-state index is -0.547. The topological polar surface area (TPSA) is 49.4 Å². The van der Waals surface area contributed by atoms with Crippen LogP contribution < -0.4 is 5.32 Å². The van der Waals surface area contributed by atoms with Crippen LogP contribution in [0.1, 0.15) is 66.1 Å². The lowest BCUT2D eigenvalue weighted by molar-refractivity contribution is -0.126. The van der Waals surface area contributed by atoms with E-state index in [0.29, 0.717) is 23.6 Å². The van der Waals surface area contributed by atoms with Gasteiger partial charge in [0.2, 0.25) is 5.91 Å². The van der Waals surface area contributed by atoms with Gasteiger partial charge in [0.05, 0.1) is 0 Å². The lowest BCUT2D eigenvalue weighted by Gasteiger charge is -2.27. The quantitative estimate of drug-likeness (QED) is 0.711. The summed E-state index contributed by atoms with van der Waals surface area (Å²) >= 11 is 5.97. The summed E-state index contributed by atoms with van der Waals surface area (Å²) in [5.74, 6) is -0.109. The Balaban J connectivity index is 1.52. The number of nitrogens with zero attached hydrogens (tertiary/aromatic N) is 1. The largest absolute Gasteiger partial charge is 0.351 e. The van der Waals surface area contributed by atoms with Crippen molar-refractivity contribution in [1.82, 2.24) is 10.2 Å². The van der Waals surface area contributed by atoms with E-state index in [1.54, 1.807) is 4.90 Å². The third-order valence-electron chi connectivity index (χ3n) is 6.06. The third-order valence-corrected chi connectivity index (χ3v) is 6.31. The fourth-order valence-corrected chi connectivity index (χ4v) is 4.61. The Morgan fingerprint density at radius 2 is 1.69 bits per heavy atom. The number of halogens is 1. The van der Waals surface area contributed by atoms with Gasteiger partial charge in [0.25, 0.3) is 5.91 Å². The van der Waals surface area contributed by atoms with Crippen LogP contribution in [0.2, 0.25) is 5.02 Å². The first-order valence-corrected chi connectivity index (χ1v) is 11.0. The molecule has 1 aliphatic carbocycles. The van der Waals surface area contributed by atoms with Gasteiger partial charge in [0, 0.05) is 23.2 Å². The van der Waals surface area contributed by atoms with Crippen LogP contribution in [0.5, 0.6) is 0 Å². The van der Waals surface area contributed by atoms with Crippen molar-refractivity contribution in [2.75, 3.05) is 6.54 Å². The monoisotopic (exact) mass is 410 g/mol. The molecule has 5 heteroatoms. The molecule has 2 aliphatic rings. The molecule has 2 amide bonds. The first-order valence-electron chi connectivity index (χ1n) is 10.6. The van der Waals surface area contributed by atoms with Gasteiger partial charge in [-0.3, -0.25) is 9.59 Å². The average Bonchev–Trinajstić information content (AvgIpc) is 2.87. The second-order valence-electron chi connectivity index (χ2n) is 8.06. The molecule has 4 nitrogen and oxygen atoms in total. The van der Waals surface area contributed by atoms with E-state index in [2.05, 4.69) is 5.32 Å². The second kappa shape index (κ2) is 9.00. The van der Waals surface area contributed by atoms with E-state index in [1.807, 2.05) is 48.5 Å². The summed E-state index contributed by atoms with van der Waals surface area (Å²) in [5, 5.41) is 3.94. The SMILES string of the molecule is O=C(NC1CCCCCC1)[C@@H]1c2ccccc2C(=O)N1CCc1ccc(Cl)cc1. The van der Waals surface area contributed by atoms with E-state index >= 15 is 0 Å². The number of hydrogen-bond donors (Lipinski definition) is 1. The van der Waals surface area contributed by atoms with Gasteiger partial charge in [-0.2, -0.15) is 0 Å². The van der Waals surface area contributed by atoms with Crippen LogP contribution in [0.4, 0.5) is 0 Å². The summed E-state index contributed by atoms with van der Waals surface area (Å²) in [6.07, 6.45) is 7.53. The van der Waals surface area contributed by atoms with Crippen LogP contribution in [-0.2, 0) is 11.2 Å². The smallest absolute Gasteiger partial charge is 0.255 e. The number of carbonyl (C=O) groups excluding carboxylic acids is 2. The van der Waals surface area contributed by atoms with Gasteiger partial charge in [-0.1, -0.05) is 67.6 Å². The highest BCUT2D eigenvalue weighted by Crippen LogP contribution is 2.34. The van der Waals surface area contributed by atoms with Gasteiger partial charge in [-0.05, 0) is 48.6 Å². The van der Waals surface area contributed by atoms with Crippen molar-refractivity contribution in [3.05, 3.63) is 70.2 Å². The van der Waals surface area contributed by atoms with Crippen molar-refractivity contribution >= 4 is 23.4 Å². The van der Waals surface area contributed by atoms with E-state index in [0.717, 1.165) is 36.8 Å². The Hall–Kier alpha value is -2.33. The molecule has 0 saturated heterocycles. The summed E-state index contributed by atoms with van der Waals surface area (Å²) in [4.78, 5) is 28.1. The lowest BCUT2D eigenvalue weighted by atomic mass is 10.0. The standard InChI is InChI=1S/C24H27ClN2O2/c25-18-13-11-17(12-14-18)15-16-27-22(20-9-5-6-10-21(20)24(27)29)23(28)26-19-7-3-1-2-4-8-19/h5-6,9-14,19,22H,1-4,7-8,15-16H2,(H,26,28)/t22-/m0/s1. The summed E-state index contributed by atoms with van der Waals surface area (Å²) in [6.45, 7) is 0.498. The van der Waals surface area contributed by atoms with Crippen LogP contribution in [0.15, 0.2) is 48.5 Å². The Kier molecular flexibility index (Phi) is 6.19. The van der Waals surface area contributed by atoms with Crippen LogP contribution in [0, 0.1) is 0 Å². The number of amides is 2. The number of nitrogens with one attached hydrogen (secondary N) is 1. The Morgan fingerprint density at radius 3 is 2.41 bits per heavy atom. The van der Waals surface area contributed by atoms with E-state index in [4.69, 9.17) is 11.6 Å². The molecule has 2 aromatic rings. The normalized spacial score (nSPS) is 19.7. The number of hydrogen-bond acceptors (Lipinski definition) is 2. The fraction of sp³-hybridized carbons (Fsp3) is 0.417. The molecule has 1 saturated carbocycles. The molecule has 1 atom stereocenters. The highest BCUT2D eigenvalue weighted by atomic mass is 35.5. The number of benzene rings is 2. The first kappa shape index (κ1) is 20.0. The second-order valence-corrected chi connectivity index (χ2v) is 8.50. The molecule has 1 N–H and O–H groups in total. The summed E-state index contributed by atoms with van der Waals surface area (Å²) < 4.78 is 0. The van der Waals surface area contributed by atoms with Gasteiger partial charge < -0.3 is 10.2 Å². The Labute approximate surface area is 177 Å². The molecule has 1 heterocycles. The van der Waals surface area contributed by atoms with Crippen molar-refractivity contribution in [3.8, 4) is 0 Å². The van der Waals surface area contributed by atoms with E-state index in [1.165, 1.54) is 12.8 Å². The average molecular weight is 411 g/mol. The van der Waals surface area contributed by atoms with Crippen molar-refractivity contribution in [2.45, 2.75) is 57.0 Å². The zero-order valence-electron chi connectivity index (χ0n) is 16.6. The molecule has 152 valence electrons. The minimum absolute atomic E-state index is 0.0497. The van der Waals surface area contributed by atoms with Crippen molar-refractivity contribution in [3.63, 3.8) is 0 Å². The number of carbonyl (C=O) groups is 2. The van der Waals surface area contributed by atoms with E-state index < -0.39 is 6.04 Å². The Bertz CT molecular complexity index is 873. The van der Waals surface area contributed by atoms with Gasteiger partial charge in [-0.25, -0.2) is 0 Å². The first-order chi connectivity index (χ1) is 14.1. The predicted molar refractivity (Wildman–Crippen MR) is 115 cm³/mol. The van der Waals surface area contributed by atoms with Crippen molar-refractivity contribution < 1.29 is 9.59 Å². The van der Waals surface area contributed by atoms with Crippen LogP contribution in [0.25, 0.3) is 0 Å². The van der Waals surface area contributed by atoms with Crippen LogP contribution >= 0.6 is 11.6 Å². The molecule has 1 fully saturated rings. The predicted octanol–water partition coefficient (Wildman–Crippen LogP) is 4.92. The van der Waals surface area contributed by atoms with Gasteiger partial charge >= 0.3 is 0 Å². The molecule has 1 aliphatic heterocycles. The van der Waals surface area contributed by atoms with E-state index in [9.17, 15) is 9.59 Å². The molecular formula is C24H27ClN2O2. The maximum atomic E-state index is 13.3. The maximum Gasteiger partial charge on any atom is 0.255 e. The van der Waals surface area contributed by atoms with Gasteiger partial charge in [0.1, 0.15) is 6.04 Å². The molecule has 0 aromatic heterocycles.